The highest BCUT2D eigenvalue weighted by Gasteiger charge is 2.30. The van der Waals surface area contributed by atoms with E-state index in [1.54, 1.807) is 42.5 Å². The van der Waals surface area contributed by atoms with Crippen molar-refractivity contribution in [3.63, 3.8) is 0 Å². The maximum absolute atomic E-state index is 13.6. The summed E-state index contributed by atoms with van der Waals surface area (Å²) in [5, 5.41) is 0. The highest BCUT2D eigenvalue weighted by Crippen LogP contribution is 2.32. The molecule has 0 atom stereocenters. The summed E-state index contributed by atoms with van der Waals surface area (Å²) in [7, 11) is 0. The highest BCUT2D eigenvalue weighted by atomic mass is 32.2. The predicted molar refractivity (Wildman–Crippen MR) is 107 cm³/mol. The number of hydrogen-bond acceptors (Lipinski definition) is 4. The number of benzene rings is 2. The maximum Gasteiger partial charge on any atom is 0.266 e. The number of thioether (sulfide) groups is 1. The minimum Gasteiger partial charge on any atom is -0.489 e. The normalized spacial score (nSPS) is 15.6. The zero-order chi connectivity index (χ0) is 18.5. The first-order valence-corrected chi connectivity index (χ1v) is 9.13. The molecular weight excluding hydrogens is 369 g/mol. The molecule has 0 spiro atoms. The molecule has 1 aliphatic heterocycles. The fraction of sp³-hybridized carbons (Fsp3) is 0.100. The summed E-state index contributed by atoms with van der Waals surface area (Å²) in [6, 6.07) is 13.8. The average Bonchev–Trinajstić information content (AvgIpc) is 2.90. The van der Waals surface area contributed by atoms with Crippen LogP contribution in [0, 0.1) is 5.82 Å². The Balaban J connectivity index is 1.66. The van der Waals surface area contributed by atoms with Crippen LogP contribution in [-0.4, -0.2) is 21.7 Å². The fourth-order valence-electron chi connectivity index (χ4n) is 2.37. The first-order valence-electron chi connectivity index (χ1n) is 7.91. The fourth-order valence-corrected chi connectivity index (χ4v) is 3.65. The van der Waals surface area contributed by atoms with Gasteiger partial charge in [-0.25, -0.2) is 4.39 Å². The van der Waals surface area contributed by atoms with Crippen molar-refractivity contribution in [2.45, 2.75) is 6.61 Å². The molecular formula is C20H16FNO2S2. The van der Waals surface area contributed by atoms with E-state index in [1.807, 2.05) is 12.1 Å². The van der Waals surface area contributed by atoms with Crippen molar-refractivity contribution < 1.29 is 13.9 Å². The van der Waals surface area contributed by atoms with Gasteiger partial charge in [0.2, 0.25) is 0 Å². The SMILES string of the molecule is C=CCN1C(=O)/C(=C\c2ccc(OCc3ccccc3F)cc2)SC1=S. The van der Waals surface area contributed by atoms with Gasteiger partial charge in [0, 0.05) is 12.1 Å². The van der Waals surface area contributed by atoms with Gasteiger partial charge >= 0.3 is 0 Å². The van der Waals surface area contributed by atoms with Crippen molar-refractivity contribution in [2.75, 3.05) is 6.54 Å². The monoisotopic (exact) mass is 385 g/mol. The van der Waals surface area contributed by atoms with Gasteiger partial charge in [-0.1, -0.05) is 60.4 Å². The largest absolute Gasteiger partial charge is 0.489 e. The molecule has 0 bridgehead atoms. The molecule has 0 aliphatic carbocycles. The summed E-state index contributed by atoms with van der Waals surface area (Å²) in [5.74, 6) is 0.232. The highest BCUT2D eigenvalue weighted by molar-refractivity contribution is 8.26. The molecule has 0 saturated carbocycles. The van der Waals surface area contributed by atoms with E-state index in [0.717, 1.165) is 5.56 Å². The summed E-state index contributed by atoms with van der Waals surface area (Å²) in [4.78, 5) is 14.4. The minimum atomic E-state index is -0.286. The molecule has 1 fully saturated rings. The zero-order valence-corrected chi connectivity index (χ0v) is 15.5. The van der Waals surface area contributed by atoms with Gasteiger partial charge in [0.05, 0.1) is 4.91 Å². The first kappa shape index (κ1) is 18.4. The van der Waals surface area contributed by atoms with Gasteiger partial charge in [0.15, 0.2) is 0 Å². The summed E-state index contributed by atoms with van der Waals surface area (Å²) < 4.78 is 19.7. The Morgan fingerprint density at radius 2 is 1.92 bits per heavy atom. The van der Waals surface area contributed by atoms with Gasteiger partial charge in [-0.3, -0.25) is 9.69 Å². The van der Waals surface area contributed by atoms with Crippen LogP contribution in [0.4, 0.5) is 4.39 Å². The van der Waals surface area contributed by atoms with Crippen molar-refractivity contribution in [3.05, 3.63) is 83.0 Å². The molecule has 1 aliphatic rings. The Labute approximate surface area is 161 Å². The summed E-state index contributed by atoms with van der Waals surface area (Å²) in [6.45, 7) is 4.20. The number of carbonyl (C=O) groups excluding carboxylic acids is 1. The molecule has 0 unspecified atom stereocenters. The zero-order valence-electron chi connectivity index (χ0n) is 13.9. The summed E-state index contributed by atoms with van der Waals surface area (Å²) >= 11 is 6.50. The molecule has 3 nitrogen and oxygen atoms in total. The van der Waals surface area contributed by atoms with E-state index in [9.17, 15) is 9.18 Å². The number of carbonyl (C=O) groups is 1. The number of halogens is 1. The second-order valence-electron chi connectivity index (χ2n) is 5.53. The van der Waals surface area contributed by atoms with Crippen molar-refractivity contribution in [1.82, 2.24) is 4.90 Å². The van der Waals surface area contributed by atoms with E-state index in [4.69, 9.17) is 17.0 Å². The lowest BCUT2D eigenvalue weighted by Gasteiger charge is -2.10. The number of nitrogens with zero attached hydrogens (tertiary/aromatic N) is 1. The number of ether oxygens (including phenoxy) is 1. The lowest BCUT2D eigenvalue weighted by Crippen LogP contribution is -2.27. The van der Waals surface area contributed by atoms with Gasteiger partial charge in [-0.2, -0.15) is 0 Å². The molecule has 1 saturated heterocycles. The van der Waals surface area contributed by atoms with E-state index < -0.39 is 0 Å². The second kappa shape index (κ2) is 8.29. The van der Waals surface area contributed by atoms with Gasteiger partial charge in [0.25, 0.3) is 5.91 Å². The van der Waals surface area contributed by atoms with E-state index in [0.29, 0.717) is 27.1 Å². The third-order valence-corrected chi connectivity index (χ3v) is 5.09. The lowest BCUT2D eigenvalue weighted by molar-refractivity contribution is -0.121. The van der Waals surface area contributed by atoms with Crippen LogP contribution in [0.25, 0.3) is 6.08 Å². The molecule has 0 aromatic heterocycles. The molecule has 2 aromatic rings. The van der Waals surface area contributed by atoms with Crippen LogP contribution in [0.1, 0.15) is 11.1 Å². The van der Waals surface area contributed by atoms with E-state index >= 15 is 0 Å². The van der Waals surface area contributed by atoms with E-state index in [1.165, 1.54) is 22.7 Å². The van der Waals surface area contributed by atoms with Gasteiger partial charge in [-0.15, -0.1) is 6.58 Å². The molecule has 1 heterocycles. The van der Waals surface area contributed by atoms with Gasteiger partial charge in [0.1, 0.15) is 22.5 Å². The molecule has 26 heavy (non-hydrogen) atoms. The van der Waals surface area contributed by atoms with E-state index in [2.05, 4.69) is 6.58 Å². The van der Waals surface area contributed by atoms with Crippen molar-refractivity contribution in [1.29, 1.82) is 0 Å². The summed E-state index contributed by atoms with van der Waals surface area (Å²) in [5.41, 5.74) is 1.37. The lowest BCUT2D eigenvalue weighted by atomic mass is 10.2. The topological polar surface area (TPSA) is 29.5 Å². The molecule has 6 heteroatoms. The molecule has 0 radical (unpaired) electrons. The second-order valence-corrected chi connectivity index (χ2v) is 7.21. The van der Waals surface area contributed by atoms with Crippen LogP contribution in [0.3, 0.4) is 0 Å². The van der Waals surface area contributed by atoms with Crippen molar-refractivity contribution in [3.8, 4) is 5.75 Å². The van der Waals surface area contributed by atoms with Crippen LogP contribution in [-0.2, 0) is 11.4 Å². The Bertz CT molecular complexity index is 878. The molecule has 3 rings (SSSR count). The number of rotatable bonds is 6. The first-order chi connectivity index (χ1) is 12.6. The van der Waals surface area contributed by atoms with Crippen LogP contribution in [0.5, 0.6) is 5.75 Å². The Morgan fingerprint density at radius 3 is 2.62 bits per heavy atom. The minimum absolute atomic E-state index is 0.111. The number of amides is 1. The quantitative estimate of drug-likeness (QED) is 0.406. The predicted octanol–water partition coefficient (Wildman–Crippen LogP) is 4.79. The number of hydrogen-bond donors (Lipinski definition) is 0. The number of thiocarbonyl (C=S) groups is 1. The van der Waals surface area contributed by atoms with Crippen LogP contribution < -0.4 is 4.74 Å². The van der Waals surface area contributed by atoms with Crippen molar-refractivity contribution >= 4 is 40.3 Å². The van der Waals surface area contributed by atoms with Crippen molar-refractivity contribution in [2.24, 2.45) is 0 Å². The van der Waals surface area contributed by atoms with Gasteiger partial charge < -0.3 is 4.74 Å². The van der Waals surface area contributed by atoms with Crippen LogP contribution in [0.15, 0.2) is 66.1 Å². The molecule has 1 amide bonds. The molecule has 132 valence electrons. The van der Waals surface area contributed by atoms with Gasteiger partial charge in [-0.05, 0) is 29.8 Å². The summed E-state index contributed by atoms with van der Waals surface area (Å²) in [6.07, 6.45) is 3.44. The average molecular weight is 385 g/mol. The Morgan fingerprint density at radius 1 is 1.19 bits per heavy atom. The maximum atomic E-state index is 13.6. The standard InChI is InChI=1S/C20H16FNO2S2/c1-2-11-22-19(23)18(26-20(22)25)12-14-7-9-16(10-8-14)24-13-15-5-3-4-6-17(15)21/h2-10,12H,1,11,13H2/b18-12+. The molecule has 0 N–H and O–H groups in total. The molecule has 2 aromatic carbocycles. The Kier molecular flexibility index (Phi) is 5.85. The van der Waals surface area contributed by atoms with Crippen LogP contribution >= 0.6 is 24.0 Å². The third kappa shape index (κ3) is 4.20. The third-order valence-electron chi connectivity index (χ3n) is 3.72. The van der Waals surface area contributed by atoms with E-state index in [-0.39, 0.29) is 18.3 Å². The Hall–Kier alpha value is -2.44. The van der Waals surface area contributed by atoms with Crippen LogP contribution in [0.2, 0.25) is 0 Å². The smallest absolute Gasteiger partial charge is 0.266 e.